The number of amides is 1. The van der Waals surface area contributed by atoms with Gasteiger partial charge in [0.2, 0.25) is 0 Å². The predicted octanol–water partition coefficient (Wildman–Crippen LogP) is 3.07. The minimum absolute atomic E-state index is 0.0383. The summed E-state index contributed by atoms with van der Waals surface area (Å²) < 4.78 is 45.3. The van der Waals surface area contributed by atoms with Gasteiger partial charge in [0.05, 0.1) is 0 Å². The second-order valence-electron chi connectivity index (χ2n) is 5.52. The lowest BCUT2D eigenvalue weighted by atomic mass is 10.1. The lowest BCUT2D eigenvalue weighted by Gasteiger charge is -2.22. The fraction of sp³-hybridized carbons (Fsp3) is 0.294. The molecule has 24 heavy (non-hydrogen) atoms. The SMILES string of the molecule is O=C(NC1CCOCC1)c1ccc(-c2ccc(F)c(F)c2F)cn1. The minimum Gasteiger partial charge on any atom is -0.381 e. The standard InChI is InChI=1S/C17H15F3N2O2/c18-13-3-2-12(15(19)16(13)20)10-1-4-14(21-9-10)17(23)22-11-5-7-24-8-6-11/h1-4,9,11H,5-8H2,(H,22,23). The van der Waals surface area contributed by atoms with Crippen LogP contribution in [0.5, 0.6) is 0 Å². The number of ether oxygens (including phenoxy) is 1. The Kier molecular flexibility index (Phi) is 4.80. The molecule has 4 nitrogen and oxygen atoms in total. The molecular formula is C17H15F3N2O2. The van der Waals surface area contributed by atoms with Crippen molar-refractivity contribution in [2.45, 2.75) is 18.9 Å². The number of carbonyl (C=O) groups excluding carboxylic acids is 1. The molecule has 3 rings (SSSR count). The van der Waals surface area contributed by atoms with Gasteiger partial charge < -0.3 is 10.1 Å². The first-order valence-electron chi connectivity index (χ1n) is 7.55. The lowest BCUT2D eigenvalue weighted by Crippen LogP contribution is -2.39. The van der Waals surface area contributed by atoms with E-state index in [0.29, 0.717) is 13.2 Å². The molecule has 1 saturated heterocycles. The van der Waals surface area contributed by atoms with Crippen LogP contribution >= 0.6 is 0 Å². The summed E-state index contributed by atoms with van der Waals surface area (Å²) in [6.07, 6.45) is 2.74. The molecule has 1 N–H and O–H groups in total. The number of benzene rings is 1. The third-order valence-electron chi connectivity index (χ3n) is 3.90. The maximum absolute atomic E-state index is 13.8. The largest absolute Gasteiger partial charge is 0.381 e. The molecule has 0 aliphatic carbocycles. The number of rotatable bonds is 3. The lowest BCUT2D eigenvalue weighted by molar-refractivity contribution is 0.0694. The van der Waals surface area contributed by atoms with Crippen molar-refractivity contribution in [3.05, 3.63) is 53.6 Å². The smallest absolute Gasteiger partial charge is 0.270 e. The monoisotopic (exact) mass is 336 g/mol. The number of nitrogens with one attached hydrogen (secondary N) is 1. The highest BCUT2D eigenvalue weighted by molar-refractivity contribution is 5.92. The average molecular weight is 336 g/mol. The van der Waals surface area contributed by atoms with Crippen LogP contribution in [0.15, 0.2) is 30.5 Å². The summed E-state index contributed by atoms with van der Waals surface area (Å²) in [7, 11) is 0. The van der Waals surface area contributed by atoms with Gasteiger partial charge in [-0.1, -0.05) is 6.07 Å². The van der Waals surface area contributed by atoms with E-state index in [-0.39, 0.29) is 28.8 Å². The summed E-state index contributed by atoms with van der Waals surface area (Å²) >= 11 is 0. The van der Waals surface area contributed by atoms with Gasteiger partial charge >= 0.3 is 0 Å². The van der Waals surface area contributed by atoms with Gasteiger partial charge in [-0.15, -0.1) is 0 Å². The van der Waals surface area contributed by atoms with Crippen LogP contribution in [0.25, 0.3) is 11.1 Å². The number of pyridine rings is 1. The van der Waals surface area contributed by atoms with E-state index in [9.17, 15) is 18.0 Å². The van der Waals surface area contributed by atoms with Gasteiger partial charge in [0.15, 0.2) is 17.5 Å². The van der Waals surface area contributed by atoms with Crippen molar-refractivity contribution in [1.29, 1.82) is 0 Å². The van der Waals surface area contributed by atoms with Gasteiger partial charge in [-0.25, -0.2) is 13.2 Å². The number of carbonyl (C=O) groups is 1. The molecule has 1 aromatic heterocycles. The van der Waals surface area contributed by atoms with E-state index in [1.807, 2.05) is 0 Å². The molecule has 1 fully saturated rings. The zero-order chi connectivity index (χ0) is 17.1. The molecule has 0 saturated carbocycles. The molecule has 126 valence electrons. The van der Waals surface area contributed by atoms with Gasteiger partial charge in [0.25, 0.3) is 5.91 Å². The second-order valence-corrected chi connectivity index (χ2v) is 5.52. The molecule has 0 bridgehead atoms. The highest BCUT2D eigenvalue weighted by atomic mass is 19.2. The van der Waals surface area contributed by atoms with Crippen LogP contribution in [0.2, 0.25) is 0 Å². The van der Waals surface area contributed by atoms with E-state index in [2.05, 4.69) is 10.3 Å². The molecule has 0 unspecified atom stereocenters. The van der Waals surface area contributed by atoms with Crippen LogP contribution in [-0.2, 0) is 4.74 Å². The molecule has 1 amide bonds. The van der Waals surface area contributed by atoms with Crippen molar-refractivity contribution < 1.29 is 22.7 Å². The summed E-state index contributed by atoms with van der Waals surface area (Å²) in [4.78, 5) is 16.1. The zero-order valence-corrected chi connectivity index (χ0v) is 12.7. The van der Waals surface area contributed by atoms with Crippen molar-refractivity contribution in [3.63, 3.8) is 0 Å². The van der Waals surface area contributed by atoms with Gasteiger partial charge in [-0.2, -0.15) is 0 Å². The van der Waals surface area contributed by atoms with E-state index in [4.69, 9.17) is 4.74 Å². The van der Waals surface area contributed by atoms with Crippen LogP contribution in [0, 0.1) is 17.5 Å². The summed E-state index contributed by atoms with van der Waals surface area (Å²) in [5.41, 5.74) is 0.319. The van der Waals surface area contributed by atoms with Crippen molar-refractivity contribution in [2.75, 3.05) is 13.2 Å². The first-order chi connectivity index (χ1) is 11.6. The number of hydrogen-bond acceptors (Lipinski definition) is 3. The molecule has 1 aromatic carbocycles. The molecule has 2 heterocycles. The average Bonchev–Trinajstić information content (AvgIpc) is 2.61. The Morgan fingerprint density at radius 2 is 1.83 bits per heavy atom. The fourth-order valence-electron chi connectivity index (χ4n) is 2.54. The van der Waals surface area contributed by atoms with Crippen molar-refractivity contribution in [3.8, 4) is 11.1 Å². The van der Waals surface area contributed by atoms with Crippen molar-refractivity contribution >= 4 is 5.91 Å². The van der Waals surface area contributed by atoms with E-state index in [1.165, 1.54) is 18.3 Å². The number of aromatic nitrogens is 1. The Hall–Kier alpha value is -2.41. The molecule has 0 spiro atoms. The maximum Gasteiger partial charge on any atom is 0.270 e. The van der Waals surface area contributed by atoms with Gasteiger partial charge in [-0.05, 0) is 31.0 Å². The summed E-state index contributed by atoms with van der Waals surface area (Å²) in [5, 5.41) is 2.86. The number of halogens is 3. The Morgan fingerprint density at radius 3 is 2.50 bits per heavy atom. The van der Waals surface area contributed by atoms with Crippen LogP contribution in [0.4, 0.5) is 13.2 Å². The quantitative estimate of drug-likeness (QED) is 0.877. The first-order valence-corrected chi connectivity index (χ1v) is 7.55. The highest BCUT2D eigenvalue weighted by Gasteiger charge is 2.19. The molecule has 0 atom stereocenters. The van der Waals surface area contributed by atoms with Crippen LogP contribution in [0.1, 0.15) is 23.3 Å². The van der Waals surface area contributed by atoms with E-state index < -0.39 is 17.5 Å². The summed E-state index contributed by atoms with van der Waals surface area (Å²) in [5.74, 6) is -4.40. The van der Waals surface area contributed by atoms with Gasteiger partial charge in [-0.3, -0.25) is 9.78 Å². The van der Waals surface area contributed by atoms with E-state index in [0.717, 1.165) is 25.0 Å². The fourth-order valence-corrected chi connectivity index (χ4v) is 2.54. The van der Waals surface area contributed by atoms with Crippen molar-refractivity contribution in [1.82, 2.24) is 10.3 Å². The third-order valence-corrected chi connectivity index (χ3v) is 3.90. The third kappa shape index (κ3) is 3.41. The Balaban J connectivity index is 1.75. The van der Waals surface area contributed by atoms with Crippen LogP contribution in [0.3, 0.4) is 0 Å². The molecule has 1 aliphatic rings. The number of hydrogen-bond donors (Lipinski definition) is 1. The Morgan fingerprint density at radius 1 is 1.08 bits per heavy atom. The normalized spacial score (nSPS) is 15.3. The first kappa shape index (κ1) is 16.4. The molecule has 2 aromatic rings. The maximum atomic E-state index is 13.8. The van der Waals surface area contributed by atoms with Crippen molar-refractivity contribution in [2.24, 2.45) is 0 Å². The Labute approximate surface area is 136 Å². The molecule has 1 aliphatic heterocycles. The predicted molar refractivity (Wildman–Crippen MR) is 80.9 cm³/mol. The van der Waals surface area contributed by atoms with Crippen LogP contribution in [-0.4, -0.2) is 30.1 Å². The Bertz CT molecular complexity index is 744. The molecule has 0 radical (unpaired) electrons. The zero-order valence-electron chi connectivity index (χ0n) is 12.7. The molecule has 7 heteroatoms. The van der Waals surface area contributed by atoms with E-state index in [1.54, 1.807) is 0 Å². The van der Waals surface area contributed by atoms with Gasteiger partial charge in [0, 0.05) is 36.6 Å². The minimum atomic E-state index is -1.53. The highest BCUT2D eigenvalue weighted by Crippen LogP contribution is 2.25. The number of nitrogens with zero attached hydrogens (tertiary/aromatic N) is 1. The topological polar surface area (TPSA) is 51.2 Å². The summed E-state index contributed by atoms with van der Waals surface area (Å²) in [6.45, 7) is 1.21. The van der Waals surface area contributed by atoms with E-state index >= 15 is 0 Å². The van der Waals surface area contributed by atoms with Gasteiger partial charge in [0.1, 0.15) is 5.69 Å². The summed E-state index contributed by atoms with van der Waals surface area (Å²) in [6, 6.07) is 4.88. The second kappa shape index (κ2) is 7.00. The van der Waals surface area contributed by atoms with Crippen LogP contribution < -0.4 is 5.32 Å². The molecular weight excluding hydrogens is 321 g/mol.